The van der Waals surface area contributed by atoms with Gasteiger partial charge in [-0.15, -0.1) is 0 Å². The van der Waals surface area contributed by atoms with E-state index in [1.54, 1.807) is 4.90 Å². The Bertz CT molecular complexity index is 660. The average Bonchev–Trinajstić information content (AvgIpc) is 3.36. The molecule has 1 saturated carbocycles. The molecule has 0 aromatic heterocycles. The third kappa shape index (κ3) is 4.15. The summed E-state index contributed by atoms with van der Waals surface area (Å²) in [6.45, 7) is 1.23. The molecule has 2 aliphatic rings. The van der Waals surface area contributed by atoms with Gasteiger partial charge >= 0.3 is 5.97 Å². The molecule has 136 valence electrons. The van der Waals surface area contributed by atoms with Gasteiger partial charge in [0.2, 0.25) is 5.91 Å². The molecule has 0 radical (unpaired) electrons. The normalized spacial score (nSPS) is 23.3. The first-order valence-electron chi connectivity index (χ1n) is 8.52. The fourth-order valence-corrected chi connectivity index (χ4v) is 3.51. The van der Waals surface area contributed by atoms with Gasteiger partial charge in [-0.1, -0.05) is 6.07 Å². The second kappa shape index (κ2) is 7.47. The Labute approximate surface area is 144 Å². The number of ether oxygens (including phenoxy) is 1. The Morgan fingerprint density at radius 2 is 1.96 bits per heavy atom. The Hall–Kier alpha value is -2.02. The van der Waals surface area contributed by atoms with Crippen LogP contribution in [-0.4, -0.2) is 47.7 Å². The van der Waals surface area contributed by atoms with Crippen molar-refractivity contribution in [1.29, 1.82) is 0 Å². The third-order valence-corrected chi connectivity index (χ3v) is 4.95. The molecule has 1 aliphatic heterocycles. The molecule has 25 heavy (non-hydrogen) atoms. The Kier molecular flexibility index (Phi) is 5.32. The second-order valence-corrected chi connectivity index (χ2v) is 6.63. The number of carboxylic acid groups (broad SMARTS) is 1. The van der Waals surface area contributed by atoms with Gasteiger partial charge in [-0.25, -0.2) is 8.78 Å². The lowest BCUT2D eigenvalue weighted by atomic mass is 10.0. The minimum absolute atomic E-state index is 0.0417. The van der Waals surface area contributed by atoms with Crippen molar-refractivity contribution in [1.82, 2.24) is 4.90 Å². The van der Waals surface area contributed by atoms with Crippen LogP contribution in [0.25, 0.3) is 0 Å². The summed E-state index contributed by atoms with van der Waals surface area (Å²) in [5, 5.41) is 8.94. The minimum atomic E-state index is -0.957. The smallest absolute Gasteiger partial charge is 0.305 e. The number of rotatable bonds is 6. The van der Waals surface area contributed by atoms with Crippen molar-refractivity contribution in [2.24, 2.45) is 5.92 Å². The molecule has 1 aromatic carbocycles. The number of carboxylic acids is 1. The van der Waals surface area contributed by atoms with Crippen LogP contribution in [0.5, 0.6) is 0 Å². The van der Waals surface area contributed by atoms with Crippen LogP contribution in [0.3, 0.4) is 0 Å². The van der Waals surface area contributed by atoms with Crippen LogP contribution in [0.4, 0.5) is 8.78 Å². The molecule has 0 bridgehead atoms. The quantitative estimate of drug-likeness (QED) is 0.854. The zero-order valence-corrected chi connectivity index (χ0v) is 13.8. The first kappa shape index (κ1) is 17.8. The van der Waals surface area contributed by atoms with E-state index in [1.165, 1.54) is 12.1 Å². The molecule has 0 spiro atoms. The van der Waals surface area contributed by atoms with E-state index >= 15 is 0 Å². The van der Waals surface area contributed by atoms with E-state index < -0.39 is 17.6 Å². The van der Waals surface area contributed by atoms with Crippen LogP contribution < -0.4 is 0 Å². The summed E-state index contributed by atoms with van der Waals surface area (Å²) in [6.07, 6.45) is 1.74. The lowest BCUT2D eigenvalue weighted by Crippen LogP contribution is -2.45. The van der Waals surface area contributed by atoms with Crippen LogP contribution in [0.1, 0.15) is 37.2 Å². The molecule has 1 N–H and O–H groups in total. The number of halogens is 2. The van der Waals surface area contributed by atoms with Crippen LogP contribution in [0.2, 0.25) is 0 Å². The van der Waals surface area contributed by atoms with E-state index in [-0.39, 0.29) is 36.8 Å². The second-order valence-electron chi connectivity index (χ2n) is 6.63. The molecule has 2 fully saturated rings. The molecule has 5 nitrogen and oxygen atoms in total. The van der Waals surface area contributed by atoms with E-state index in [4.69, 9.17) is 9.84 Å². The highest BCUT2D eigenvalue weighted by atomic mass is 19.1. The van der Waals surface area contributed by atoms with Gasteiger partial charge in [-0.05, 0) is 36.8 Å². The lowest BCUT2D eigenvalue weighted by molar-refractivity contribution is -0.141. The first-order chi connectivity index (χ1) is 12.0. The van der Waals surface area contributed by atoms with Crippen molar-refractivity contribution in [3.8, 4) is 0 Å². The molecule has 0 unspecified atom stereocenters. The fraction of sp³-hybridized carbons (Fsp3) is 0.556. The Morgan fingerprint density at radius 3 is 2.60 bits per heavy atom. The molecule has 1 amide bonds. The molecule has 1 aromatic rings. The van der Waals surface area contributed by atoms with E-state index in [0.717, 1.165) is 6.07 Å². The van der Waals surface area contributed by atoms with Gasteiger partial charge in [0.25, 0.3) is 0 Å². The number of carbonyl (C=O) groups excluding carboxylic acids is 1. The predicted octanol–water partition coefficient (Wildman–Crippen LogP) is 2.55. The summed E-state index contributed by atoms with van der Waals surface area (Å²) in [5.74, 6) is -3.00. The minimum Gasteiger partial charge on any atom is -0.481 e. The van der Waals surface area contributed by atoms with E-state index in [9.17, 15) is 18.4 Å². The summed E-state index contributed by atoms with van der Waals surface area (Å²) < 4.78 is 32.3. The zero-order valence-electron chi connectivity index (χ0n) is 13.8. The predicted molar refractivity (Wildman–Crippen MR) is 85.0 cm³/mol. The van der Waals surface area contributed by atoms with E-state index in [1.807, 2.05) is 0 Å². The number of hydrogen-bond donors (Lipinski definition) is 1. The summed E-state index contributed by atoms with van der Waals surface area (Å²) >= 11 is 0. The number of carbonyl (C=O) groups is 2. The first-order valence-corrected chi connectivity index (χ1v) is 8.52. The fourth-order valence-electron chi connectivity index (χ4n) is 3.51. The van der Waals surface area contributed by atoms with Crippen molar-refractivity contribution < 1.29 is 28.2 Å². The zero-order chi connectivity index (χ0) is 18.0. The number of benzene rings is 1. The lowest BCUT2D eigenvalue weighted by Gasteiger charge is -2.34. The van der Waals surface area contributed by atoms with Crippen LogP contribution >= 0.6 is 0 Å². The maximum atomic E-state index is 13.9. The van der Waals surface area contributed by atoms with Gasteiger partial charge in [0.1, 0.15) is 11.6 Å². The summed E-state index contributed by atoms with van der Waals surface area (Å²) in [4.78, 5) is 25.4. The monoisotopic (exact) mass is 353 g/mol. The van der Waals surface area contributed by atoms with Crippen LogP contribution in [-0.2, 0) is 14.3 Å². The SMILES string of the molecule is O=C(O)CCN(C(=O)[C@@H]1C[C@H]1c1ccc(F)cc1F)C1CCOCC1. The summed E-state index contributed by atoms with van der Waals surface area (Å²) in [6, 6.07) is 3.37. The largest absolute Gasteiger partial charge is 0.481 e. The summed E-state index contributed by atoms with van der Waals surface area (Å²) in [5.41, 5.74) is 0.352. The highest BCUT2D eigenvalue weighted by Crippen LogP contribution is 2.49. The van der Waals surface area contributed by atoms with E-state index in [0.29, 0.717) is 38.0 Å². The highest BCUT2D eigenvalue weighted by molar-refractivity contribution is 5.83. The Balaban J connectivity index is 1.70. The summed E-state index contributed by atoms with van der Waals surface area (Å²) in [7, 11) is 0. The highest BCUT2D eigenvalue weighted by Gasteiger charge is 2.48. The van der Waals surface area contributed by atoms with Crippen molar-refractivity contribution in [3.63, 3.8) is 0 Å². The number of hydrogen-bond acceptors (Lipinski definition) is 3. The van der Waals surface area contributed by atoms with Gasteiger partial charge in [-0.2, -0.15) is 0 Å². The molecule has 3 rings (SSSR count). The molecule has 2 atom stereocenters. The molecular formula is C18H21F2NO4. The molecule has 7 heteroatoms. The maximum absolute atomic E-state index is 13.9. The van der Waals surface area contributed by atoms with Gasteiger partial charge in [0, 0.05) is 37.8 Å². The van der Waals surface area contributed by atoms with Crippen molar-refractivity contribution in [2.75, 3.05) is 19.8 Å². The number of nitrogens with zero attached hydrogens (tertiary/aromatic N) is 1. The molecule has 1 saturated heterocycles. The van der Waals surface area contributed by atoms with Crippen molar-refractivity contribution in [2.45, 2.75) is 37.6 Å². The average molecular weight is 353 g/mol. The van der Waals surface area contributed by atoms with Crippen LogP contribution in [0.15, 0.2) is 18.2 Å². The van der Waals surface area contributed by atoms with Gasteiger partial charge in [-0.3, -0.25) is 9.59 Å². The van der Waals surface area contributed by atoms with Crippen molar-refractivity contribution >= 4 is 11.9 Å². The van der Waals surface area contributed by atoms with Gasteiger partial charge < -0.3 is 14.7 Å². The maximum Gasteiger partial charge on any atom is 0.305 e. The van der Waals surface area contributed by atoms with Crippen molar-refractivity contribution in [3.05, 3.63) is 35.4 Å². The molecule has 1 aliphatic carbocycles. The van der Waals surface area contributed by atoms with E-state index in [2.05, 4.69) is 0 Å². The number of amides is 1. The number of aliphatic carboxylic acids is 1. The Morgan fingerprint density at radius 1 is 1.24 bits per heavy atom. The van der Waals surface area contributed by atoms with Crippen LogP contribution in [0, 0.1) is 17.6 Å². The topological polar surface area (TPSA) is 66.8 Å². The molecule has 1 heterocycles. The third-order valence-electron chi connectivity index (χ3n) is 4.95. The van der Waals surface area contributed by atoms with Gasteiger partial charge in [0.15, 0.2) is 0 Å². The standard InChI is InChI=1S/C18H21F2NO4/c19-11-1-2-13(16(20)9-11)14-10-15(14)18(24)21(6-3-17(22)23)12-4-7-25-8-5-12/h1-2,9,12,14-15H,3-8,10H2,(H,22,23)/t14-,15+/m0/s1. The molecular weight excluding hydrogens is 332 g/mol. The van der Waals surface area contributed by atoms with Gasteiger partial charge in [0.05, 0.1) is 6.42 Å².